The first-order valence-corrected chi connectivity index (χ1v) is 12.0. The highest BCUT2D eigenvalue weighted by molar-refractivity contribution is 5.83. The van der Waals surface area contributed by atoms with E-state index in [0.29, 0.717) is 19.1 Å². The van der Waals surface area contributed by atoms with Crippen molar-refractivity contribution in [1.29, 1.82) is 0 Å². The summed E-state index contributed by atoms with van der Waals surface area (Å²) < 4.78 is 79.2. The molecule has 0 N–H and O–H groups in total. The van der Waals surface area contributed by atoms with Crippen molar-refractivity contribution >= 4 is 5.91 Å². The molecule has 1 saturated heterocycles. The van der Waals surface area contributed by atoms with Crippen LogP contribution in [0.3, 0.4) is 0 Å². The molecule has 1 amide bonds. The molecule has 2 aromatic carbocycles. The minimum absolute atomic E-state index is 0.0111. The van der Waals surface area contributed by atoms with Crippen molar-refractivity contribution in [3.8, 4) is 0 Å². The van der Waals surface area contributed by atoms with Crippen molar-refractivity contribution < 1.29 is 31.1 Å². The summed E-state index contributed by atoms with van der Waals surface area (Å²) in [5, 5.41) is 0. The molecule has 0 bridgehead atoms. The smallest absolute Gasteiger partial charge is 0.344 e. The summed E-state index contributed by atoms with van der Waals surface area (Å²) in [6, 6.07) is 10.9. The lowest BCUT2D eigenvalue weighted by atomic mass is 10.0. The van der Waals surface area contributed by atoms with E-state index in [4.69, 9.17) is 0 Å². The second-order valence-electron chi connectivity index (χ2n) is 9.54. The van der Waals surface area contributed by atoms with Crippen molar-refractivity contribution in [2.24, 2.45) is 0 Å². The number of piperazine rings is 1. The van der Waals surface area contributed by atoms with E-state index in [1.54, 1.807) is 0 Å². The maximum absolute atomic E-state index is 13.6. The lowest BCUT2D eigenvalue weighted by Gasteiger charge is -2.40. The predicted octanol–water partition coefficient (Wildman–Crippen LogP) is 5.25. The van der Waals surface area contributed by atoms with E-state index in [0.717, 1.165) is 30.8 Å². The number of benzene rings is 2. The fourth-order valence-corrected chi connectivity index (χ4v) is 4.72. The average molecular weight is 514 g/mol. The van der Waals surface area contributed by atoms with E-state index < -0.39 is 29.5 Å². The molecule has 0 unspecified atom stereocenters. The Kier molecular flexibility index (Phi) is 7.66. The monoisotopic (exact) mass is 513 g/mol. The van der Waals surface area contributed by atoms with Gasteiger partial charge in [-0.05, 0) is 48.6 Å². The summed E-state index contributed by atoms with van der Waals surface area (Å²) >= 11 is 0. The Balaban J connectivity index is 1.49. The van der Waals surface area contributed by atoms with Crippen molar-refractivity contribution in [1.82, 2.24) is 14.7 Å². The zero-order valence-corrected chi connectivity index (χ0v) is 19.9. The van der Waals surface area contributed by atoms with Crippen LogP contribution in [-0.2, 0) is 23.6 Å². The van der Waals surface area contributed by atoms with Crippen LogP contribution in [0, 0.1) is 0 Å². The molecule has 0 aromatic heterocycles. The second kappa shape index (κ2) is 10.4. The van der Waals surface area contributed by atoms with Crippen LogP contribution in [0.4, 0.5) is 26.3 Å². The Morgan fingerprint density at radius 1 is 0.917 bits per heavy atom. The molecule has 4 nitrogen and oxygen atoms in total. The van der Waals surface area contributed by atoms with Gasteiger partial charge in [-0.25, -0.2) is 0 Å². The molecule has 2 aliphatic rings. The highest BCUT2D eigenvalue weighted by Gasteiger charge is 2.38. The summed E-state index contributed by atoms with van der Waals surface area (Å²) in [4.78, 5) is 19.5. The van der Waals surface area contributed by atoms with Gasteiger partial charge in [-0.2, -0.15) is 26.3 Å². The van der Waals surface area contributed by atoms with Crippen molar-refractivity contribution in [2.75, 3.05) is 39.8 Å². The van der Waals surface area contributed by atoms with Gasteiger partial charge in [-0.1, -0.05) is 30.3 Å². The number of hydrogen-bond donors (Lipinski definition) is 0. The number of carbonyl (C=O) groups is 1. The van der Waals surface area contributed by atoms with E-state index in [-0.39, 0.29) is 30.5 Å². The van der Waals surface area contributed by atoms with Crippen LogP contribution in [0.25, 0.3) is 0 Å². The number of carbonyl (C=O) groups excluding carboxylic acids is 1. The van der Waals surface area contributed by atoms with Gasteiger partial charge >= 0.3 is 12.4 Å². The van der Waals surface area contributed by atoms with E-state index in [2.05, 4.69) is 9.80 Å². The van der Waals surface area contributed by atoms with Gasteiger partial charge in [0.1, 0.15) is 6.04 Å². The number of halogens is 6. The molecule has 1 aliphatic carbocycles. The Bertz CT molecular complexity index is 1010. The van der Waals surface area contributed by atoms with Crippen molar-refractivity contribution in [3.05, 3.63) is 70.8 Å². The van der Waals surface area contributed by atoms with Crippen LogP contribution in [0.15, 0.2) is 48.5 Å². The predicted molar refractivity (Wildman–Crippen MR) is 123 cm³/mol. The highest BCUT2D eigenvalue weighted by Crippen LogP contribution is 2.36. The van der Waals surface area contributed by atoms with Crippen LogP contribution >= 0.6 is 0 Å². The Hall–Kier alpha value is -2.59. The van der Waals surface area contributed by atoms with E-state index in [9.17, 15) is 31.1 Å². The number of nitrogens with zero attached hydrogens (tertiary/aromatic N) is 3. The number of amides is 1. The molecule has 196 valence electrons. The molecule has 2 aromatic rings. The van der Waals surface area contributed by atoms with E-state index >= 15 is 0 Å². The van der Waals surface area contributed by atoms with Gasteiger partial charge in [0.05, 0.1) is 11.1 Å². The Labute approximate surface area is 206 Å². The van der Waals surface area contributed by atoms with Crippen LogP contribution in [-0.4, -0.2) is 66.4 Å². The first-order chi connectivity index (χ1) is 16.9. The quantitative estimate of drug-likeness (QED) is 0.474. The minimum atomic E-state index is -4.90. The molecule has 10 heteroatoms. The van der Waals surface area contributed by atoms with Gasteiger partial charge in [0.2, 0.25) is 5.91 Å². The third kappa shape index (κ3) is 6.39. The fourth-order valence-electron chi connectivity index (χ4n) is 4.72. The summed E-state index contributed by atoms with van der Waals surface area (Å²) in [7, 11) is 1.54. The largest absolute Gasteiger partial charge is 0.416 e. The highest BCUT2D eigenvalue weighted by atomic mass is 19.4. The molecule has 1 heterocycles. The normalized spacial score (nSPS) is 18.8. The van der Waals surface area contributed by atoms with Gasteiger partial charge in [0.25, 0.3) is 0 Å². The van der Waals surface area contributed by atoms with Gasteiger partial charge in [-0.15, -0.1) is 0 Å². The first-order valence-electron chi connectivity index (χ1n) is 12.0. The zero-order valence-electron chi connectivity index (χ0n) is 19.9. The van der Waals surface area contributed by atoms with Crippen LogP contribution in [0.1, 0.15) is 41.1 Å². The van der Waals surface area contributed by atoms with E-state index in [1.807, 2.05) is 30.3 Å². The van der Waals surface area contributed by atoms with Crippen LogP contribution in [0.5, 0.6) is 0 Å². The molecule has 1 atom stereocenters. The maximum Gasteiger partial charge on any atom is 0.416 e. The third-order valence-electron chi connectivity index (χ3n) is 6.89. The molecule has 0 radical (unpaired) electrons. The Morgan fingerprint density at radius 2 is 1.47 bits per heavy atom. The first kappa shape index (κ1) is 26.5. The number of rotatable bonds is 7. The topological polar surface area (TPSA) is 26.8 Å². The molecule has 1 aliphatic heterocycles. The van der Waals surface area contributed by atoms with Crippen LogP contribution in [0.2, 0.25) is 0 Å². The standard InChI is InChI=1S/C26H29F6N3O/c1-33(10-9-18-15-20(25(27,28)29)17-21(16-18)26(30,31)32)24(36)23(19-5-3-2-4-6-19)35-13-11-34(12-14-35)22-7-8-22/h2-6,15-17,22-23H,7-14H2,1H3/t23-/m0/s1. The SMILES string of the molecule is CN(CCc1cc(C(F)(F)F)cc(C(F)(F)F)c1)C(=O)[C@H](c1ccccc1)N1CCN(C2CC2)CC1. The lowest BCUT2D eigenvalue weighted by Crippen LogP contribution is -2.51. The van der Waals surface area contributed by atoms with Gasteiger partial charge in [0.15, 0.2) is 0 Å². The van der Waals surface area contributed by atoms with Gasteiger partial charge in [0, 0.05) is 45.8 Å². The number of likely N-dealkylation sites (N-methyl/N-ethyl adjacent to an activating group) is 1. The molecule has 2 fully saturated rings. The average Bonchev–Trinajstić information content (AvgIpc) is 3.68. The summed E-state index contributed by atoms with van der Waals surface area (Å²) in [5.74, 6) is -0.232. The Morgan fingerprint density at radius 3 is 1.97 bits per heavy atom. The fraction of sp³-hybridized carbons (Fsp3) is 0.500. The molecular weight excluding hydrogens is 484 g/mol. The number of alkyl halides is 6. The minimum Gasteiger partial charge on any atom is -0.344 e. The molecule has 36 heavy (non-hydrogen) atoms. The molecule has 0 spiro atoms. The third-order valence-corrected chi connectivity index (χ3v) is 6.89. The maximum atomic E-state index is 13.6. The second-order valence-corrected chi connectivity index (χ2v) is 9.54. The zero-order chi connectivity index (χ0) is 26.1. The van der Waals surface area contributed by atoms with Crippen molar-refractivity contribution in [3.63, 3.8) is 0 Å². The summed E-state index contributed by atoms with van der Waals surface area (Å²) in [5.41, 5.74) is -2.01. The van der Waals surface area contributed by atoms with Crippen LogP contribution < -0.4 is 0 Å². The summed E-state index contributed by atoms with van der Waals surface area (Å²) in [6.07, 6.45) is -7.53. The van der Waals surface area contributed by atoms with Gasteiger partial charge < -0.3 is 4.90 Å². The summed E-state index contributed by atoms with van der Waals surface area (Å²) in [6.45, 7) is 3.12. The molecular formula is C26H29F6N3O. The van der Waals surface area contributed by atoms with Crippen molar-refractivity contribution in [2.45, 2.75) is 43.7 Å². The van der Waals surface area contributed by atoms with E-state index in [1.165, 1.54) is 24.8 Å². The molecule has 4 rings (SSSR count). The lowest BCUT2D eigenvalue weighted by molar-refractivity contribution is -0.143. The van der Waals surface area contributed by atoms with Gasteiger partial charge in [-0.3, -0.25) is 14.6 Å². The number of hydrogen-bond acceptors (Lipinski definition) is 3. The molecule has 1 saturated carbocycles.